The second-order valence-electron chi connectivity index (χ2n) is 5.70. The van der Waals surface area contributed by atoms with E-state index in [1.165, 1.54) is 43.2 Å². The largest absolute Gasteiger partial charge is 0.254 e. The molecule has 2 aromatic rings. The van der Waals surface area contributed by atoms with Crippen LogP contribution in [0.3, 0.4) is 0 Å². The number of rotatable bonds is 2. The van der Waals surface area contributed by atoms with Crippen molar-refractivity contribution in [2.24, 2.45) is 12.0 Å². The second-order valence-corrected chi connectivity index (χ2v) is 7.51. The molecule has 0 unspecified atom stereocenters. The van der Waals surface area contributed by atoms with Crippen molar-refractivity contribution in [1.82, 2.24) is 9.78 Å². The Morgan fingerprint density at radius 1 is 1.29 bits per heavy atom. The quantitative estimate of drug-likeness (QED) is 0.772. The van der Waals surface area contributed by atoms with Crippen LogP contribution in [-0.4, -0.2) is 15.8 Å². The van der Waals surface area contributed by atoms with E-state index in [4.69, 9.17) is 4.99 Å². The van der Waals surface area contributed by atoms with Gasteiger partial charge in [0.1, 0.15) is 5.01 Å². The maximum Gasteiger partial charge on any atom is 0.203 e. The van der Waals surface area contributed by atoms with Crippen LogP contribution in [-0.2, 0) is 7.05 Å². The van der Waals surface area contributed by atoms with Gasteiger partial charge in [-0.15, -0.1) is 0 Å². The van der Waals surface area contributed by atoms with Gasteiger partial charge in [-0.3, -0.25) is 4.99 Å². The highest BCUT2D eigenvalue weighted by Crippen LogP contribution is 2.25. The molecule has 5 heteroatoms. The van der Waals surface area contributed by atoms with Crippen LogP contribution < -0.4 is 4.80 Å². The summed E-state index contributed by atoms with van der Waals surface area (Å²) in [5.74, 6) is 0. The highest BCUT2D eigenvalue weighted by Gasteiger charge is 2.13. The minimum atomic E-state index is 0.491. The van der Waals surface area contributed by atoms with Crippen molar-refractivity contribution in [3.8, 4) is 10.6 Å². The molecule has 3 rings (SSSR count). The molecule has 3 nitrogen and oxygen atoms in total. The lowest BCUT2D eigenvalue weighted by Gasteiger charge is -2.16. The maximum atomic E-state index is 4.91. The fraction of sp³-hybridized carbons (Fsp3) is 0.500. The molecule has 1 heterocycles. The zero-order valence-corrected chi connectivity index (χ0v) is 14.9. The summed E-state index contributed by atoms with van der Waals surface area (Å²) in [5.41, 5.74) is 2.40. The number of hydrogen-bond donors (Lipinski definition) is 0. The van der Waals surface area contributed by atoms with Gasteiger partial charge in [0.25, 0.3) is 0 Å². The molecule has 0 aliphatic heterocycles. The third-order valence-corrected chi connectivity index (χ3v) is 5.93. The number of benzene rings is 1. The average molecular weight is 366 g/mol. The Kier molecular flexibility index (Phi) is 4.60. The Hall–Kier alpha value is -0.940. The van der Waals surface area contributed by atoms with E-state index in [0.717, 1.165) is 14.3 Å². The topological polar surface area (TPSA) is 30.2 Å². The SMILES string of the molecule is Cc1cc(-c2nn(C)c(=NC3CCCCC3)s2)ccc1Br. The first-order valence-electron chi connectivity index (χ1n) is 7.48. The summed E-state index contributed by atoms with van der Waals surface area (Å²) in [6, 6.07) is 6.86. The van der Waals surface area contributed by atoms with E-state index in [0.29, 0.717) is 6.04 Å². The van der Waals surface area contributed by atoms with Crippen LogP contribution in [0.1, 0.15) is 37.7 Å². The Labute approximate surface area is 137 Å². The first kappa shape index (κ1) is 15.0. The fourth-order valence-electron chi connectivity index (χ4n) is 2.72. The van der Waals surface area contributed by atoms with Crippen LogP contribution in [0.25, 0.3) is 10.6 Å². The molecule has 1 aliphatic rings. The summed E-state index contributed by atoms with van der Waals surface area (Å²) in [4.78, 5) is 5.95. The minimum absolute atomic E-state index is 0.491. The molecular formula is C16H20BrN3S. The first-order chi connectivity index (χ1) is 10.1. The molecule has 1 saturated carbocycles. The van der Waals surface area contributed by atoms with Gasteiger partial charge in [-0.2, -0.15) is 5.10 Å². The molecule has 0 N–H and O–H groups in total. The number of nitrogens with zero attached hydrogens (tertiary/aromatic N) is 3. The Morgan fingerprint density at radius 2 is 2.05 bits per heavy atom. The van der Waals surface area contributed by atoms with Crippen LogP contribution in [0.2, 0.25) is 0 Å². The van der Waals surface area contributed by atoms with Gasteiger partial charge in [0.15, 0.2) is 0 Å². The molecule has 1 fully saturated rings. The number of halogens is 1. The molecule has 0 spiro atoms. The Bertz CT molecular complexity index is 696. The van der Waals surface area contributed by atoms with Crippen molar-refractivity contribution in [3.05, 3.63) is 33.0 Å². The van der Waals surface area contributed by atoms with Gasteiger partial charge in [-0.1, -0.05) is 52.6 Å². The fourth-order valence-corrected chi connectivity index (χ4v) is 3.92. The van der Waals surface area contributed by atoms with E-state index in [1.807, 2.05) is 11.7 Å². The summed E-state index contributed by atoms with van der Waals surface area (Å²) < 4.78 is 3.06. The van der Waals surface area contributed by atoms with E-state index in [1.54, 1.807) is 11.3 Å². The average Bonchev–Trinajstić information content (AvgIpc) is 2.84. The zero-order valence-electron chi connectivity index (χ0n) is 12.5. The van der Waals surface area contributed by atoms with Crippen molar-refractivity contribution >= 4 is 27.3 Å². The standard InChI is InChI=1S/C16H20BrN3S/c1-11-10-12(8-9-14(11)17)15-19-20(2)16(21-15)18-13-6-4-3-5-7-13/h8-10,13H,3-7H2,1-2H3. The second kappa shape index (κ2) is 6.44. The van der Waals surface area contributed by atoms with Gasteiger partial charge < -0.3 is 0 Å². The van der Waals surface area contributed by atoms with Crippen molar-refractivity contribution in [2.75, 3.05) is 0 Å². The van der Waals surface area contributed by atoms with E-state index in [2.05, 4.69) is 46.2 Å². The van der Waals surface area contributed by atoms with Gasteiger partial charge in [-0.05, 0) is 37.5 Å². The van der Waals surface area contributed by atoms with Crippen LogP contribution in [0.15, 0.2) is 27.7 Å². The van der Waals surface area contributed by atoms with Crippen LogP contribution in [0.4, 0.5) is 0 Å². The molecule has 1 aromatic carbocycles. The van der Waals surface area contributed by atoms with Gasteiger partial charge in [0.2, 0.25) is 4.80 Å². The summed E-state index contributed by atoms with van der Waals surface area (Å²) in [7, 11) is 1.99. The predicted octanol–water partition coefficient (Wildman–Crippen LogP) is 4.45. The molecular weight excluding hydrogens is 346 g/mol. The Morgan fingerprint density at radius 3 is 2.76 bits per heavy atom. The molecule has 0 amide bonds. The summed E-state index contributed by atoms with van der Waals surface area (Å²) >= 11 is 5.24. The summed E-state index contributed by atoms with van der Waals surface area (Å²) in [6.07, 6.45) is 6.45. The molecule has 0 saturated heterocycles. The zero-order chi connectivity index (χ0) is 14.8. The monoisotopic (exact) mass is 365 g/mol. The van der Waals surface area contributed by atoms with Gasteiger partial charge in [0, 0.05) is 17.1 Å². The molecule has 0 bridgehead atoms. The first-order valence-corrected chi connectivity index (χ1v) is 9.09. The molecule has 0 atom stereocenters. The minimum Gasteiger partial charge on any atom is -0.254 e. The number of hydrogen-bond acceptors (Lipinski definition) is 3. The molecule has 112 valence electrons. The van der Waals surface area contributed by atoms with Gasteiger partial charge in [0.05, 0.1) is 6.04 Å². The summed E-state index contributed by atoms with van der Waals surface area (Å²) in [6.45, 7) is 2.11. The molecule has 21 heavy (non-hydrogen) atoms. The smallest absolute Gasteiger partial charge is 0.203 e. The van der Waals surface area contributed by atoms with Crippen molar-refractivity contribution < 1.29 is 0 Å². The predicted molar refractivity (Wildman–Crippen MR) is 91.4 cm³/mol. The summed E-state index contributed by atoms with van der Waals surface area (Å²) in [5, 5.41) is 5.69. The van der Waals surface area contributed by atoms with Crippen LogP contribution in [0.5, 0.6) is 0 Å². The van der Waals surface area contributed by atoms with E-state index in [9.17, 15) is 0 Å². The highest BCUT2D eigenvalue weighted by atomic mass is 79.9. The third kappa shape index (κ3) is 3.46. The van der Waals surface area contributed by atoms with Crippen molar-refractivity contribution in [1.29, 1.82) is 0 Å². The third-order valence-electron chi connectivity index (χ3n) is 3.98. The molecule has 0 radical (unpaired) electrons. The van der Waals surface area contributed by atoms with Crippen LogP contribution in [0, 0.1) is 6.92 Å². The number of aryl methyl sites for hydroxylation is 2. The van der Waals surface area contributed by atoms with E-state index >= 15 is 0 Å². The lowest BCUT2D eigenvalue weighted by Crippen LogP contribution is -2.18. The van der Waals surface area contributed by atoms with E-state index < -0.39 is 0 Å². The normalized spacial score (nSPS) is 17.4. The lowest BCUT2D eigenvalue weighted by molar-refractivity contribution is 0.434. The molecule has 1 aromatic heterocycles. The lowest BCUT2D eigenvalue weighted by atomic mass is 9.96. The Balaban J connectivity index is 1.93. The molecule has 1 aliphatic carbocycles. The van der Waals surface area contributed by atoms with Gasteiger partial charge in [-0.25, -0.2) is 4.68 Å². The highest BCUT2D eigenvalue weighted by molar-refractivity contribution is 9.10. The maximum absolute atomic E-state index is 4.91. The van der Waals surface area contributed by atoms with E-state index in [-0.39, 0.29) is 0 Å². The van der Waals surface area contributed by atoms with Crippen molar-refractivity contribution in [3.63, 3.8) is 0 Å². The number of aromatic nitrogens is 2. The van der Waals surface area contributed by atoms with Gasteiger partial charge >= 0.3 is 0 Å². The van der Waals surface area contributed by atoms with Crippen LogP contribution >= 0.6 is 27.3 Å². The van der Waals surface area contributed by atoms with Crippen molar-refractivity contribution in [2.45, 2.75) is 45.1 Å².